The second-order valence-electron chi connectivity index (χ2n) is 7.48. The Morgan fingerprint density at radius 1 is 1.29 bits per heavy atom. The topological polar surface area (TPSA) is 66.4 Å². The molecule has 1 fully saturated rings. The Kier molecular flexibility index (Phi) is 5.77. The minimum Gasteiger partial charge on any atom is -0.493 e. The number of aryl methyl sites for hydroxylation is 1. The highest BCUT2D eigenvalue weighted by Gasteiger charge is 2.23. The molecule has 0 spiro atoms. The first kappa shape index (κ1) is 19.1. The normalized spacial score (nSPS) is 16.8. The summed E-state index contributed by atoms with van der Waals surface area (Å²) < 4.78 is 7.94. The molecule has 2 aromatic rings. The molecular weight excluding hydrogens is 374 g/mol. The van der Waals surface area contributed by atoms with Crippen LogP contribution in [0.15, 0.2) is 18.2 Å². The van der Waals surface area contributed by atoms with Gasteiger partial charge in [0.15, 0.2) is 4.77 Å². The molecule has 1 saturated heterocycles. The summed E-state index contributed by atoms with van der Waals surface area (Å²) in [5.41, 5.74) is 2.63. The molecule has 0 unspecified atom stereocenters. The van der Waals surface area contributed by atoms with E-state index in [0.29, 0.717) is 4.77 Å². The van der Waals surface area contributed by atoms with Crippen LogP contribution >= 0.6 is 12.2 Å². The highest BCUT2D eigenvalue weighted by molar-refractivity contribution is 7.71. The molecule has 0 aliphatic carbocycles. The molecule has 4 rings (SSSR count). The average molecular weight is 402 g/mol. The number of fused-ring (bicyclic) bond motifs is 1. The molecule has 0 radical (unpaired) electrons. The predicted octanol–water partition coefficient (Wildman–Crippen LogP) is 2.17. The van der Waals surface area contributed by atoms with Crippen LogP contribution in [0.25, 0.3) is 0 Å². The van der Waals surface area contributed by atoms with Crippen LogP contribution < -0.4 is 4.74 Å². The van der Waals surface area contributed by atoms with Gasteiger partial charge in [-0.3, -0.25) is 19.4 Å². The number of carbonyl (C=O) groups is 1. The summed E-state index contributed by atoms with van der Waals surface area (Å²) in [6.07, 6.45) is 2.79. The molecule has 0 bridgehead atoms. The number of ether oxygens (including phenoxy) is 1. The first-order chi connectivity index (χ1) is 13.6. The lowest BCUT2D eigenvalue weighted by atomic mass is 10.1. The SMILES string of the molecule is CCCc1n[nH]c(=S)n1CC(=O)N1CCN(Cc2ccc3c(c2)CCO3)CC1. The summed E-state index contributed by atoms with van der Waals surface area (Å²) in [7, 11) is 0. The number of amides is 1. The van der Waals surface area contributed by atoms with Gasteiger partial charge in [-0.25, -0.2) is 0 Å². The molecule has 0 atom stereocenters. The highest BCUT2D eigenvalue weighted by atomic mass is 32.1. The minimum absolute atomic E-state index is 0.115. The molecule has 1 amide bonds. The Hall–Kier alpha value is -2.19. The van der Waals surface area contributed by atoms with Crippen molar-refractivity contribution in [3.8, 4) is 5.75 Å². The fourth-order valence-electron chi connectivity index (χ4n) is 3.91. The quantitative estimate of drug-likeness (QED) is 0.752. The number of hydrogen-bond donors (Lipinski definition) is 1. The molecule has 2 aliphatic heterocycles. The van der Waals surface area contributed by atoms with E-state index in [1.165, 1.54) is 11.1 Å². The van der Waals surface area contributed by atoms with Crippen molar-refractivity contribution in [2.45, 2.75) is 39.3 Å². The second-order valence-corrected chi connectivity index (χ2v) is 7.87. The first-order valence-corrected chi connectivity index (χ1v) is 10.4. The van der Waals surface area contributed by atoms with Gasteiger partial charge in [0.05, 0.1) is 6.61 Å². The van der Waals surface area contributed by atoms with Gasteiger partial charge in [0.2, 0.25) is 5.91 Å². The van der Waals surface area contributed by atoms with Gasteiger partial charge in [-0.2, -0.15) is 5.10 Å². The van der Waals surface area contributed by atoms with E-state index in [1.54, 1.807) is 0 Å². The number of nitrogens with one attached hydrogen (secondary N) is 1. The van der Waals surface area contributed by atoms with Gasteiger partial charge in [-0.05, 0) is 35.8 Å². The zero-order chi connectivity index (χ0) is 19.5. The van der Waals surface area contributed by atoms with Gasteiger partial charge >= 0.3 is 0 Å². The molecule has 150 valence electrons. The minimum atomic E-state index is 0.115. The fraction of sp³-hybridized carbons (Fsp3) is 0.550. The zero-order valence-electron chi connectivity index (χ0n) is 16.3. The lowest BCUT2D eigenvalue weighted by molar-refractivity contribution is -0.133. The van der Waals surface area contributed by atoms with E-state index in [1.807, 2.05) is 9.47 Å². The van der Waals surface area contributed by atoms with Crippen molar-refractivity contribution in [3.05, 3.63) is 39.9 Å². The Morgan fingerprint density at radius 2 is 2.11 bits per heavy atom. The molecule has 1 N–H and O–H groups in total. The van der Waals surface area contributed by atoms with Crippen molar-refractivity contribution in [2.75, 3.05) is 32.8 Å². The summed E-state index contributed by atoms with van der Waals surface area (Å²) in [5.74, 6) is 2.00. The van der Waals surface area contributed by atoms with Gasteiger partial charge in [0.1, 0.15) is 18.1 Å². The van der Waals surface area contributed by atoms with Gasteiger partial charge in [0, 0.05) is 45.6 Å². The van der Waals surface area contributed by atoms with Crippen molar-refractivity contribution in [2.24, 2.45) is 0 Å². The number of carbonyl (C=O) groups excluding carboxylic acids is 1. The van der Waals surface area contributed by atoms with Gasteiger partial charge in [0.25, 0.3) is 0 Å². The van der Waals surface area contributed by atoms with Gasteiger partial charge in [-0.15, -0.1) is 0 Å². The van der Waals surface area contributed by atoms with Gasteiger partial charge < -0.3 is 9.64 Å². The number of aromatic amines is 1. The van der Waals surface area contributed by atoms with E-state index >= 15 is 0 Å². The van der Waals surface area contributed by atoms with Crippen LogP contribution in [0.1, 0.15) is 30.3 Å². The third-order valence-corrected chi connectivity index (χ3v) is 5.80. The van der Waals surface area contributed by atoms with Crippen molar-refractivity contribution < 1.29 is 9.53 Å². The van der Waals surface area contributed by atoms with Gasteiger partial charge in [-0.1, -0.05) is 19.1 Å². The number of H-pyrrole nitrogens is 1. The third-order valence-electron chi connectivity index (χ3n) is 5.49. The molecule has 1 aromatic carbocycles. The molecule has 28 heavy (non-hydrogen) atoms. The van der Waals surface area contributed by atoms with E-state index < -0.39 is 0 Å². The molecule has 8 heteroatoms. The number of benzene rings is 1. The van der Waals surface area contributed by atoms with Crippen LogP contribution in [0.4, 0.5) is 0 Å². The van der Waals surface area contributed by atoms with Crippen LogP contribution in [0.5, 0.6) is 5.75 Å². The summed E-state index contributed by atoms with van der Waals surface area (Å²) in [6, 6.07) is 6.49. The first-order valence-electron chi connectivity index (χ1n) is 10.0. The third kappa shape index (κ3) is 4.12. The molecule has 7 nitrogen and oxygen atoms in total. The standard InChI is InChI=1S/C20H27N5O2S/c1-2-3-18-21-22-20(28)25(18)14-19(26)24-9-7-23(8-10-24)13-15-4-5-17-16(12-15)6-11-27-17/h4-5,12H,2-3,6-11,13-14H2,1H3,(H,22,28). The summed E-state index contributed by atoms with van der Waals surface area (Å²) >= 11 is 5.29. The van der Waals surface area contributed by atoms with E-state index in [2.05, 4.69) is 40.2 Å². The maximum absolute atomic E-state index is 12.8. The fourth-order valence-corrected chi connectivity index (χ4v) is 4.13. The Morgan fingerprint density at radius 3 is 2.89 bits per heavy atom. The second kappa shape index (κ2) is 8.45. The van der Waals surface area contributed by atoms with E-state index in [9.17, 15) is 4.79 Å². The van der Waals surface area contributed by atoms with Crippen LogP contribution in [-0.4, -0.2) is 63.3 Å². The number of piperazine rings is 1. The average Bonchev–Trinajstić information content (AvgIpc) is 3.30. The number of hydrogen-bond acceptors (Lipinski definition) is 5. The Balaban J connectivity index is 1.31. The number of rotatable bonds is 6. The Bertz CT molecular complexity index is 898. The molecule has 0 saturated carbocycles. The van der Waals surface area contributed by atoms with Crippen molar-refractivity contribution in [1.29, 1.82) is 0 Å². The molecular formula is C20H27N5O2S. The predicted molar refractivity (Wildman–Crippen MR) is 109 cm³/mol. The lowest BCUT2D eigenvalue weighted by Crippen LogP contribution is -2.49. The maximum atomic E-state index is 12.8. The number of aromatic nitrogens is 3. The van der Waals surface area contributed by atoms with Crippen molar-refractivity contribution in [1.82, 2.24) is 24.6 Å². The summed E-state index contributed by atoms with van der Waals surface area (Å²) in [4.78, 5) is 17.1. The van der Waals surface area contributed by atoms with Crippen LogP contribution in [0.2, 0.25) is 0 Å². The van der Waals surface area contributed by atoms with Crippen LogP contribution in [-0.2, 0) is 30.7 Å². The largest absolute Gasteiger partial charge is 0.493 e. The maximum Gasteiger partial charge on any atom is 0.242 e. The Labute approximate surface area is 170 Å². The van der Waals surface area contributed by atoms with Crippen LogP contribution in [0.3, 0.4) is 0 Å². The number of nitrogens with zero attached hydrogens (tertiary/aromatic N) is 4. The lowest BCUT2D eigenvalue weighted by Gasteiger charge is -2.35. The summed E-state index contributed by atoms with van der Waals surface area (Å²) in [6.45, 7) is 7.35. The highest BCUT2D eigenvalue weighted by Crippen LogP contribution is 2.26. The zero-order valence-corrected chi connectivity index (χ0v) is 17.1. The van der Waals surface area contributed by atoms with E-state index in [-0.39, 0.29) is 12.5 Å². The van der Waals surface area contributed by atoms with Crippen molar-refractivity contribution >= 4 is 18.1 Å². The molecule has 3 heterocycles. The smallest absolute Gasteiger partial charge is 0.242 e. The molecule has 1 aromatic heterocycles. The monoisotopic (exact) mass is 401 g/mol. The summed E-state index contributed by atoms with van der Waals surface area (Å²) in [5, 5.41) is 7.06. The van der Waals surface area contributed by atoms with E-state index in [0.717, 1.165) is 70.2 Å². The molecule has 2 aliphatic rings. The van der Waals surface area contributed by atoms with Crippen molar-refractivity contribution in [3.63, 3.8) is 0 Å². The van der Waals surface area contributed by atoms with Crippen LogP contribution in [0, 0.1) is 4.77 Å². The van der Waals surface area contributed by atoms with E-state index in [4.69, 9.17) is 17.0 Å².